The first-order chi connectivity index (χ1) is 7.79. The monoisotopic (exact) mass is 257 g/mol. The number of nitrogens with zero attached hydrogens (tertiary/aromatic N) is 1. The third-order valence-corrected chi connectivity index (χ3v) is 3.75. The second kappa shape index (κ2) is 5.90. The van der Waals surface area contributed by atoms with Crippen LogP contribution in [0.1, 0.15) is 24.3 Å². The van der Waals surface area contributed by atoms with Gasteiger partial charge in [-0.3, -0.25) is 0 Å². The number of hydrogen-bond donors (Lipinski definition) is 0. The van der Waals surface area contributed by atoms with Gasteiger partial charge in [0, 0.05) is 17.4 Å². The minimum absolute atomic E-state index is 0.698. The molecule has 0 radical (unpaired) electrons. The van der Waals surface area contributed by atoms with Crippen LogP contribution in [0.4, 0.5) is 0 Å². The Kier molecular flexibility index (Phi) is 4.51. The van der Waals surface area contributed by atoms with Gasteiger partial charge in [0.25, 0.3) is 0 Å². The fourth-order valence-corrected chi connectivity index (χ4v) is 2.71. The fourth-order valence-electron chi connectivity index (χ4n) is 2.34. The maximum atomic E-state index is 5.89. The fraction of sp³-hybridized carbons (Fsp3) is 0.538. The largest absolute Gasteiger partial charge is 0.302 e. The van der Waals surface area contributed by atoms with Crippen molar-refractivity contribution in [3.05, 3.63) is 34.9 Å². The molecule has 1 heterocycles. The molecule has 0 bridgehead atoms. The highest BCUT2D eigenvalue weighted by Crippen LogP contribution is 2.28. The summed E-state index contributed by atoms with van der Waals surface area (Å²) in [7, 11) is 0. The van der Waals surface area contributed by atoms with Crippen molar-refractivity contribution in [2.75, 3.05) is 25.5 Å². The van der Waals surface area contributed by atoms with Crippen LogP contribution in [0.3, 0.4) is 0 Å². The Hall–Kier alpha value is -0.240. The van der Waals surface area contributed by atoms with E-state index in [1.165, 1.54) is 31.5 Å². The molecule has 0 spiro atoms. The number of alkyl halides is 1. The molecule has 0 atom stereocenters. The summed E-state index contributed by atoms with van der Waals surface area (Å²) in [5.74, 6) is 1.44. The van der Waals surface area contributed by atoms with Gasteiger partial charge in [0.1, 0.15) is 0 Å². The SMILES string of the molecule is ClCCN1CCC(c2ccc(Cl)cc2)CC1. The minimum atomic E-state index is 0.698. The van der Waals surface area contributed by atoms with E-state index in [2.05, 4.69) is 17.0 Å². The van der Waals surface area contributed by atoms with Gasteiger partial charge in [-0.1, -0.05) is 23.7 Å². The lowest BCUT2D eigenvalue weighted by Gasteiger charge is -2.31. The van der Waals surface area contributed by atoms with E-state index >= 15 is 0 Å². The van der Waals surface area contributed by atoms with Gasteiger partial charge in [-0.05, 0) is 49.5 Å². The van der Waals surface area contributed by atoms with Crippen molar-refractivity contribution < 1.29 is 0 Å². The lowest BCUT2D eigenvalue weighted by Crippen LogP contribution is -2.34. The Bertz CT molecular complexity index is 315. The van der Waals surface area contributed by atoms with Crippen LogP contribution in [-0.4, -0.2) is 30.4 Å². The van der Waals surface area contributed by atoms with Crippen molar-refractivity contribution in [3.8, 4) is 0 Å². The molecule has 1 saturated heterocycles. The zero-order chi connectivity index (χ0) is 11.4. The van der Waals surface area contributed by atoms with Crippen molar-refractivity contribution in [2.24, 2.45) is 0 Å². The quantitative estimate of drug-likeness (QED) is 0.746. The molecule has 1 nitrogen and oxygen atoms in total. The summed E-state index contributed by atoms with van der Waals surface area (Å²) in [6.07, 6.45) is 2.47. The highest BCUT2D eigenvalue weighted by atomic mass is 35.5. The van der Waals surface area contributed by atoms with Crippen molar-refractivity contribution in [1.82, 2.24) is 4.90 Å². The van der Waals surface area contributed by atoms with Crippen LogP contribution >= 0.6 is 23.2 Å². The van der Waals surface area contributed by atoms with Gasteiger partial charge in [0.2, 0.25) is 0 Å². The standard InChI is InChI=1S/C13H17Cl2N/c14-7-10-16-8-5-12(6-9-16)11-1-3-13(15)4-2-11/h1-4,12H,5-10H2. The Morgan fingerprint density at radius 3 is 2.31 bits per heavy atom. The predicted molar refractivity (Wildman–Crippen MR) is 70.6 cm³/mol. The molecule has 0 N–H and O–H groups in total. The van der Waals surface area contributed by atoms with Crippen molar-refractivity contribution in [3.63, 3.8) is 0 Å². The number of piperidine rings is 1. The Morgan fingerprint density at radius 1 is 1.12 bits per heavy atom. The molecule has 1 aromatic rings. The molecule has 0 saturated carbocycles. The van der Waals surface area contributed by atoms with Gasteiger partial charge in [0.05, 0.1) is 0 Å². The third kappa shape index (κ3) is 3.13. The molecule has 16 heavy (non-hydrogen) atoms. The lowest BCUT2D eigenvalue weighted by molar-refractivity contribution is 0.223. The van der Waals surface area contributed by atoms with Crippen molar-refractivity contribution in [2.45, 2.75) is 18.8 Å². The third-order valence-electron chi connectivity index (χ3n) is 3.33. The molecule has 1 aliphatic rings. The van der Waals surface area contributed by atoms with Crippen LogP contribution in [0.2, 0.25) is 5.02 Å². The second-order valence-corrected chi connectivity index (χ2v) is 5.17. The normalized spacial score (nSPS) is 18.9. The van der Waals surface area contributed by atoms with Gasteiger partial charge < -0.3 is 4.90 Å². The summed E-state index contributed by atoms with van der Waals surface area (Å²) in [6, 6.07) is 8.29. The Labute approximate surface area is 107 Å². The highest BCUT2D eigenvalue weighted by Gasteiger charge is 2.19. The number of benzene rings is 1. The number of hydrogen-bond acceptors (Lipinski definition) is 1. The van der Waals surface area contributed by atoms with Crippen LogP contribution in [0, 0.1) is 0 Å². The average Bonchev–Trinajstić information content (AvgIpc) is 2.32. The first kappa shape index (κ1) is 12.2. The number of rotatable bonds is 3. The molecule has 0 aliphatic carbocycles. The topological polar surface area (TPSA) is 3.24 Å². The van der Waals surface area contributed by atoms with E-state index in [1.54, 1.807) is 0 Å². The Morgan fingerprint density at radius 2 is 1.75 bits per heavy atom. The molecule has 1 aliphatic heterocycles. The van der Waals surface area contributed by atoms with E-state index in [4.69, 9.17) is 23.2 Å². The van der Waals surface area contributed by atoms with E-state index < -0.39 is 0 Å². The minimum Gasteiger partial charge on any atom is -0.302 e. The van der Waals surface area contributed by atoms with Crippen LogP contribution in [0.15, 0.2) is 24.3 Å². The van der Waals surface area contributed by atoms with Gasteiger partial charge in [-0.15, -0.1) is 11.6 Å². The summed E-state index contributed by atoms with van der Waals surface area (Å²) < 4.78 is 0. The molecule has 0 amide bonds. The maximum Gasteiger partial charge on any atom is 0.0406 e. The van der Waals surface area contributed by atoms with Crippen molar-refractivity contribution >= 4 is 23.2 Å². The van der Waals surface area contributed by atoms with Crippen LogP contribution in [0.5, 0.6) is 0 Å². The van der Waals surface area contributed by atoms with E-state index in [0.29, 0.717) is 5.92 Å². The average molecular weight is 258 g/mol. The zero-order valence-electron chi connectivity index (χ0n) is 9.33. The Balaban J connectivity index is 1.91. The number of halogens is 2. The van der Waals surface area contributed by atoms with Gasteiger partial charge in [0.15, 0.2) is 0 Å². The maximum absolute atomic E-state index is 5.89. The lowest BCUT2D eigenvalue weighted by atomic mass is 9.89. The molecule has 0 aromatic heterocycles. The van der Waals surface area contributed by atoms with E-state index in [0.717, 1.165) is 17.4 Å². The second-order valence-electron chi connectivity index (χ2n) is 4.36. The molecule has 3 heteroatoms. The molecule has 2 rings (SSSR count). The van der Waals surface area contributed by atoms with Gasteiger partial charge in [-0.25, -0.2) is 0 Å². The molecular weight excluding hydrogens is 241 g/mol. The summed E-state index contributed by atoms with van der Waals surface area (Å²) in [5.41, 5.74) is 1.43. The van der Waals surface area contributed by atoms with Gasteiger partial charge >= 0.3 is 0 Å². The molecular formula is C13H17Cl2N. The predicted octanol–water partition coefficient (Wildman–Crippen LogP) is 3.76. The summed E-state index contributed by atoms with van der Waals surface area (Å²) >= 11 is 11.6. The molecule has 88 valence electrons. The smallest absolute Gasteiger partial charge is 0.0406 e. The number of likely N-dealkylation sites (tertiary alicyclic amines) is 1. The highest BCUT2D eigenvalue weighted by molar-refractivity contribution is 6.30. The zero-order valence-corrected chi connectivity index (χ0v) is 10.8. The van der Waals surface area contributed by atoms with Gasteiger partial charge in [-0.2, -0.15) is 0 Å². The first-order valence-corrected chi connectivity index (χ1v) is 6.74. The first-order valence-electron chi connectivity index (χ1n) is 5.83. The van der Waals surface area contributed by atoms with E-state index in [9.17, 15) is 0 Å². The van der Waals surface area contributed by atoms with E-state index in [-0.39, 0.29) is 0 Å². The summed E-state index contributed by atoms with van der Waals surface area (Å²) in [5, 5.41) is 0.823. The molecule has 1 aromatic carbocycles. The molecule has 0 unspecified atom stereocenters. The van der Waals surface area contributed by atoms with Crippen molar-refractivity contribution in [1.29, 1.82) is 0 Å². The summed E-state index contributed by atoms with van der Waals surface area (Å²) in [6.45, 7) is 3.36. The summed E-state index contributed by atoms with van der Waals surface area (Å²) in [4.78, 5) is 2.44. The van der Waals surface area contributed by atoms with Crippen LogP contribution < -0.4 is 0 Å². The van der Waals surface area contributed by atoms with E-state index in [1.807, 2.05) is 12.1 Å². The van der Waals surface area contributed by atoms with Crippen LogP contribution in [-0.2, 0) is 0 Å². The molecule has 1 fully saturated rings. The van der Waals surface area contributed by atoms with Crippen LogP contribution in [0.25, 0.3) is 0 Å².